The number of furan rings is 1. The predicted octanol–water partition coefficient (Wildman–Crippen LogP) is 3.21. The molecule has 4 rings (SSSR count). The van der Waals surface area contributed by atoms with Gasteiger partial charge in [-0.25, -0.2) is 0 Å². The molecule has 3 aromatic rings. The molecule has 0 N–H and O–H groups in total. The van der Waals surface area contributed by atoms with E-state index in [1.807, 2.05) is 33.8 Å². The molecule has 1 aliphatic heterocycles. The third-order valence-corrected chi connectivity index (χ3v) is 4.75. The van der Waals surface area contributed by atoms with E-state index in [4.69, 9.17) is 19.0 Å². The molecule has 0 radical (unpaired) electrons. The van der Waals surface area contributed by atoms with Gasteiger partial charge in [0.15, 0.2) is 11.5 Å². The predicted molar refractivity (Wildman–Crippen MR) is 98.8 cm³/mol. The first kappa shape index (κ1) is 17.2. The summed E-state index contributed by atoms with van der Waals surface area (Å²) >= 11 is 0. The summed E-state index contributed by atoms with van der Waals surface area (Å²) in [6.45, 7) is 1.99. The van der Waals surface area contributed by atoms with Crippen LogP contribution in [0.3, 0.4) is 0 Å². The minimum absolute atomic E-state index is 0.0222. The van der Waals surface area contributed by atoms with Crippen LogP contribution >= 0.6 is 0 Å². The standard InChI is InChI=1S/C20H21N3O4/c1-25-18-5-4-14(10-19(18)26-2)17-11-16-12-22(7-3-8-23(16)21-17)20(24)15-6-9-27-13-15/h4-6,9-11,13H,3,7-8,12H2,1-2H3. The number of methoxy groups -OCH3 is 2. The van der Waals surface area contributed by atoms with Crippen LogP contribution in [-0.4, -0.2) is 41.4 Å². The fourth-order valence-corrected chi connectivity index (χ4v) is 3.34. The highest BCUT2D eigenvalue weighted by Gasteiger charge is 2.23. The van der Waals surface area contributed by atoms with Gasteiger partial charge >= 0.3 is 0 Å². The van der Waals surface area contributed by atoms with Gasteiger partial charge in [0.2, 0.25) is 0 Å². The van der Waals surface area contributed by atoms with Crippen molar-refractivity contribution >= 4 is 5.91 Å². The third-order valence-electron chi connectivity index (χ3n) is 4.75. The van der Waals surface area contributed by atoms with Gasteiger partial charge in [0.05, 0.1) is 44.0 Å². The number of hydrogen-bond acceptors (Lipinski definition) is 5. The van der Waals surface area contributed by atoms with Crippen molar-refractivity contribution in [3.05, 3.63) is 54.1 Å². The molecule has 7 nitrogen and oxygen atoms in total. The van der Waals surface area contributed by atoms with Crippen LogP contribution in [0.4, 0.5) is 0 Å². The van der Waals surface area contributed by atoms with Gasteiger partial charge in [-0.1, -0.05) is 0 Å². The van der Waals surface area contributed by atoms with Crippen molar-refractivity contribution in [3.8, 4) is 22.8 Å². The van der Waals surface area contributed by atoms with E-state index in [0.29, 0.717) is 30.2 Å². The Morgan fingerprint density at radius 2 is 1.96 bits per heavy atom. The van der Waals surface area contributed by atoms with Crippen molar-refractivity contribution in [1.29, 1.82) is 0 Å². The Balaban J connectivity index is 1.62. The fraction of sp³-hybridized carbons (Fsp3) is 0.300. The molecule has 0 saturated heterocycles. The number of fused-ring (bicyclic) bond motifs is 1. The molecule has 0 unspecified atom stereocenters. The van der Waals surface area contributed by atoms with E-state index < -0.39 is 0 Å². The highest BCUT2D eigenvalue weighted by Crippen LogP contribution is 2.32. The lowest BCUT2D eigenvalue weighted by Crippen LogP contribution is -2.30. The van der Waals surface area contributed by atoms with Crippen LogP contribution in [0.15, 0.2) is 47.3 Å². The van der Waals surface area contributed by atoms with E-state index in [2.05, 4.69) is 0 Å². The summed E-state index contributed by atoms with van der Waals surface area (Å²) in [5, 5.41) is 4.73. The minimum Gasteiger partial charge on any atom is -0.493 e. The molecule has 0 spiro atoms. The number of carbonyl (C=O) groups is 1. The molecule has 0 fully saturated rings. The second kappa shape index (κ2) is 7.19. The smallest absolute Gasteiger partial charge is 0.257 e. The SMILES string of the molecule is COc1ccc(-c2cc3n(n2)CCCN(C(=O)c2ccoc2)C3)cc1OC. The Kier molecular flexibility index (Phi) is 4.58. The normalized spacial score (nSPS) is 13.8. The monoisotopic (exact) mass is 367 g/mol. The van der Waals surface area contributed by atoms with Crippen molar-refractivity contribution in [1.82, 2.24) is 14.7 Å². The maximum absolute atomic E-state index is 12.7. The Bertz CT molecular complexity index is 946. The molecule has 2 aromatic heterocycles. The summed E-state index contributed by atoms with van der Waals surface area (Å²) in [5.41, 5.74) is 3.38. The number of ether oxygens (including phenoxy) is 2. The number of aromatic nitrogens is 2. The lowest BCUT2D eigenvalue weighted by Gasteiger charge is -2.18. The van der Waals surface area contributed by atoms with Crippen molar-refractivity contribution in [3.63, 3.8) is 0 Å². The Morgan fingerprint density at radius 1 is 1.11 bits per heavy atom. The van der Waals surface area contributed by atoms with Gasteiger partial charge in [-0.05, 0) is 36.8 Å². The summed E-state index contributed by atoms with van der Waals surface area (Å²) in [5.74, 6) is 1.32. The topological polar surface area (TPSA) is 69.7 Å². The number of hydrogen-bond donors (Lipinski definition) is 0. The first-order valence-corrected chi connectivity index (χ1v) is 8.80. The van der Waals surface area contributed by atoms with Crippen molar-refractivity contribution in [2.75, 3.05) is 20.8 Å². The summed E-state index contributed by atoms with van der Waals surface area (Å²) in [4.78, 5) is 14.5. The quantitative estimate of drug-likeness (QED) is 0.708. The van der Waals surface area contributed by atoms with E-state index in [9.17, 15) is 4.79 Å². The zero-order chi connectivity index (χ0) is 18.8. The largest absolute Gasteiger partial charge is 0.493 e. The van der Waals surface area contributed by atoms with E-state index in [1.54, 1.807) is 20.3 Å². The maximum atomic E-state index is 12.7. The Morgan fingerprint density at radius 3 is 2.70 bits per heavy atom. The second-order valence-corrected chi connectivity index (χ2v) is 6.41. The van der Waals surface area contributed by atoms with Crippen molar-refractivity contribution in [2.24, 2.45) is 0 Å². The van der Waals surface area contributed by atoms with E-state index in [-0.39, 0.29) is 5.91 Å². The molecule has 0 saturated carbocycles. The van der Waals surface area contributed by atoms with E-state index in [0.717, 1.165) is 29.9 Å². The van der Waals surface area contributed by atoms with Crippen LogP contribution < -0.4 is 9.47 Å². The van der Waals surface area contributed by atoms with Crippen LogP contribution in [0.2, 0.25) is 0 Å². The summed E-state index contributed by atoms with van der Waals surface area (Å²) in [6, 6.07) is 9.46. The number of nitrogens with zero attached hydrogens (tertiary/aromatic N) is 3. The number of amides is 1. The van der Waals surface area contributed by atoms with E-state index >= 15 is 0 Å². The van der Waals surface area contributed by atoms with Gasteiger partial charge in [0, 0.05) is 18.7 Å². The Hall–Kier alpha value is -3.22. The van der Waals surface area contributed by atoms with Crippen LogP contribution in [0.5, 0.6) is 11.5 Å². The maximum Gasteiger partial charge on any atom is 0.257 e. The van der Waals surface area contributed by atoms with Gasteiger partial charge in [-0.3, -0.25) is 9.48 Å². The number of aryl methyl sites for hydroxylation is 1. The molecule has 0 atom stereocenters. The average Bonchev–Trinajstić information content (AvgIpc) is 3.33. The van der Waals surface area contributed by atoms with E-state index in [1.165, 1.54) is 12.5 Å². The zero-order valence-corrected chi connectivity index (χ0v) is 15.3. The van der Waals surface area contributed by atoms with Gasteiger partial charge in [0.1, 0.15) is 6.26 Å². The first-order valence-electron chi connectivity index (χ1n) is 8.80. The summed E-state index contributed by atoms with van der Waals surface area (Å²) < 4.78 is 17.7. The summed E-state index contributed by atoms with van der Waals surface area (Å²) in [7, 11) is 3.23. The fourth-order valence-electron chi connectivity index (χ4n) is 3.34. The molecular formula is C20H21N3O4. The molecule has 0 aliphatic carbocycles. The summed E-state index contributed by atoms with van der Waals surface area (Å²) in [6.07, 6.45) is 3.85. The molecule has 0 bridgehead atoms. The lowest BCUT2D eigenvalue weighted by atomic mass is 10.1. The van der Waals surface area contributed by atoms with Crippen LogP contribution in [0, 0.1) is 0 Å². The number of benzene rings is 1. The van der Waals surface area contributed by atoms with Gasteiger partial charge < -0.3 is 18.8 Å². The second-order valence-electron chi connectivity index (χ2n) is 6.41. The molecule has 3 heterocycles. The average molecular weight is 367 g/mol. The van der Waals surface area contributed by atoms with Gasteiger partial charge in [-0.15, -0.1) is 0 Å². The molecule has 140 valence electrons. The minimum atomic E-state index is -0.0222. The molecule has 1 aromatic carbocycles. The molecule has 1 aliphatic rings. The van der Waals surface area contributed by atoms with Crippen LogP contribution in [0.25, 0.3) is 11.3 Å². The number of rotatable bonds is 4. The lowest BCUT2D eigenvalue weighted by molar-refractivity contribution is 0.0745. The third kappa shape index (κ3) is 3.28. The van der Waals surface area contributed by atoms with Crippen molar-refractivity contribution < 1.29 is 18.7 Å². The molecule has 7 heteroatoms. The zero-order valence-electron chi connectivity index (χ0n) is 15.3. The molecular weight excluding hydrogens is 346 g/mol. The van der Waals surface area contributed by atoms with Crippen LogP contribution in [0.1, 0.15) is 22.5 Å². The van der Waals surface area contributed by atoms with Crippen molar-refractivity contribution in [2.45, 2.75) is 19.5 Å². The molecule has 1 amide bonds. The molecule has 27 heavy (non-hydrogen) atoms. The highest BCUT2D eigenvalue weighted by molar-refractivity contribution is 5.93. The van der Waals surface area contributed by atoms with Crippen LogP contribution in [-0.2, 0) is 13.1 Å². The van der Waals surface area contributed by atoms with Gasteiger partial charge in [0.25, 0.3) is 5.91 Å². The van der Waals surface area contributed by atoms with Gasteiger partial charge in [-0.2, -0.15) is 5.10 Å². The highest BCUT2D eigenvalue weighted by atomic mass is 16.5. The first-order chi connectivity index (χ1) is 13.2. The number of carbonyl (C=O) groups excluding carboxylic acids is 1. The Labute approximate surface area is 157 Å².